The summed E-state index contributed by atoms with van der Waals surface area (Å²) in [4.78, 5) is 14.2. The fourth-order valence-corrected chi connectivity index (χ4v) is 2.95. The minimum Gasteiger partial charge on any atom is -0.490 e. The fraction of sp³-hybridized carbons (Fsp3) is 0.562. The molecule has 0 radical (unpaired) electrons. The van der Waals surface area contributed by atoms with E-state index in [-0.39, 0.29) is 30.7 Å². The van der Waals surface area contributed by atoms with Gasteiger partial charge in [0.2, 0.25) is 5.91 Å². The minimum atomic E-state index is 0. The summed E-state index contributed by atoms with van der Waals surface area (Å²) in [7, 11) is 2.04. The van der Waals surface area contributed by atoms with E-state index in [0.717, 1.165) is 43.2 Å². The van der Waals surface area contributed by atoms with Gasteiger partial charge < -0.3 is 20.3 Å². The lowest BCUT2D eigenvalue weighted by molar-refractivity contribution is -0.116. The number of hydrogen-bond acceptors (Lipinski definition) is 4. The molecule has 0 saturated carbocycles. The number of fused-ring (bicyclic) bond motifs is 1. The Morgan fingerprint density at radius 3 is 3.00 bits per heavy atom. The zero-order valence-corrected chi connectivity index (χ0v) is 15.0. The van der Waals surface area contributed by atoms with Crippen molar-refractivity contribution in [3.8, 4) is 5.75 Å². The van der Waals surface area contributed by atoms with Gasteiger partial charge >= 0.3 is 0 Å². The average Bonchev–Trinajstić information content (AvgIpc) is 2.99. The van der Waals surface area contributed by atoms with Gasteiger partial charge in [-0.25, -0.2) is 0 Å². The molecule has 1 unspecified atom stereocenters. The van der Waals surface area contributed by atoms with Gasteiger partial charge in [0, 0.05) is 19.2 Å². The summed E-state index contributed by atoms with van der Waals surface area (Å²) < 4.78 is 5.61. The molecule has 2 N–H and O–H groups in total. The molecule has 23 heavy (non-hydrogen) atoms. The van der Waals surface area contributed by atoms with Crippen molar-refractivity contribution in [2.24, 2.45) is 5.92 Å². The standard InChI is InChI=1S/C16H23N3O2.2ClH/c1-19-8-9-21-15-4-3-13(10-14(15)19)18-16(20)5-2-12-6-7-17-11-12;;/h3-4,10,12,17H,2,5-9,11H2,1H3,(H,18,20);2*1H. The number of nitrogens with one attached hydrogen (secondary N) is 2. The smallest absolute Gasteiger partial charge is 0.224 e. The topological polar surface area (TPSA) is 53.6 Å². The molecule has 2 aliphatic heterocycles. The number of amides is 1. The van der Waals surface area contributed by atoms with Gasteiger partial charge in [0.25, 0.3) is 0 Å². The molecule has 2 aliphatic rings. The van der Waals surface area contributed by atoms with Crippen molar-refractivity contribution >= 4 is 42.1 Å². The highest BCUT2D eigenvalue weighted by atomic mass is 35.5. The molecule has 1 amide bonds. The molecule has 3 rings (SSSR count). The monoisotopic (exact) mass is 361 g/mol. The third-order valence-corrected chi connectivity index (χ3v) is 4.28. The van der Waals surface area contributed by atoms with Gasteiger partial charge in [0.05, 0.1) is 12.2 Å². The number of nitrogens with zero attached hydrogens (tertiary/aromatic N) is 1. The number of likely N-dealkylation sites (N-methyl/N-ethyl adjacent to an activating group) is 1. The van der Waals surface area contributed by atoms with Crippen molar-refractivity contribution < 1.29 is 9.53 Å². The lowest BCUT2D eigenvalue weighted by Crippen LogP contribution is -2.28. The van der Waals surface area contributed by atoms with Crippen molar-refractivity contribution in [3.63, 3.8) is 0 Å². The highest BCUT2D eigenvalue weighted by Gasteiger charge is 2.17. The van der Waals surface area contributed by atoms with E-state index in [1.54, 1.807) is 0 Å². The highest BCUT2D eigenvalue weighted by molar-refractivity contribution is 5.91. The predicted molar refractivity (Wildman–Crippen MR) is 98.5 cm³/mol. The van der Waals surface area contributed by atoms with Gasteiger partial charge in [-0.15, -0.1) is 24.8 Å². The van der Waals surface area contributed by atoms with Gasteiger partial charge in [0.15, 0.2) is 0 Å². The van der Waals surface area contributed by atoms with E-state index in [1.165, 1.54) is 6.42 Å². The first-order valence-electron chi connectivity index (χ1n) is 7.71. The van der Waals surface area contributed by atoms with Crippen LogP contribution in [0.2, 0.25) is 0 Å². The summed E-state index contributed by atoms with van der Waals surface area (Å²) in [6, 6.07) is 5.83. The van der Waals surface area contributed by atoms with Crippen molar-refractivity contribution in [2.45, 2.75) is 19.3 Å². The van der Waals surface area contributed by atoms with Crippen LogP contribution in [0.1, 0.15) is 19.3 Å². The van der Waals surface area contributed by atoms with E-state index in [0.29, 0.717) is 18.9 Å². The molecule has 1 aromatic carbocycles. The zero-order valence-electron chi connectivity index (χ0n) is 13.3. The van der Waals surface area contributed by atoms with Gasteiger partial charge in [0.1, 0.15) is 12.4 Å². The number of halogens is 2. The zero-order chi connectivity index (χ0) is 14.7. The predicted octanol–water partition coefficient (Wildman–Crippen LogP) is 2.69. The Labute approximate surface area is 150 Å². The van der Waals surface area contributed by atoms with Crippen LogP contribution in [0.25, 0.3) is 0 Å². The SMILES string of the molecule is CN1CCOc2ccc(NC(=O)CCC3CCNC3)cc21.Cl.Cl. The van der Waals surface area contributed by atoms with Crippen LogP contribution in [0.4, 0.5) is 11.4 Å². The lowest BCUT2D eigenvalue weighted by Gasteiger charge is -2.28. The van der Waals surface area contributed by atoms with Crippen LogP contribution in [-0.2, 0) is 4.79 Å². The number of hydrogen-bond donors (Lipinski definition) is 2. The van der Waals surface area contributed by atoms with Crippen LogP contribution >= 0.6 is 24.8 Å². The maximum Gasteiger partial charge on any atom is 0.224 e. The second-order valence-electron chi connectivity index (χ2n) is 5.90. The first-order chi connectivity index (χ1) is 10.2. The van der Waals surface area contributed by atoms with E-state index in [4.69, 9.17) is 4.74 Å². The fourth-order valence-electron chi connectivity index (χ4n) is 2.95. The largest absolute Gasteiger partial charge is 0.490 e. The molecule has 1 saturated heterocycles. The summed E-state index contributed by atoms with van der Waals surface area (Å²) in [6.07, 6.45) is 2.75. The van der Waals surface area contributed by atoms with Crippen LogP contribution < -0.4 is 20.3 Å². The normalized spacial score (nSPS) is 19.0. The van der Waals surface area contributed by atoms with Crippen LogP contribution in [0.3, 0.4) is 0 Å². The molecule has 0 aromatic heterocycles. The molecule has 1 fully saturated rings. The summed E-state index contributed by atoms with van der Waals surface area (Å²) in [5, 5.41) is 6.33. The van der Waals surface area contributed by atoms with Crippen LogP contribution in [0.15, 0.2) is 18.2 Å². The van der Waals surface area contributed by atoms with Gasteiger partial charge in [-0.1, -0.05) is 0 Å². The Balaban J connectivity index is 0.00000132. The van der Waals surface area contributed by atoms with Crippen molar-refractivity contribution in [3.05, 3.63) is 18.2 Å². The summed E-state index contributed by atoms with van der Waals surface area (Å²) in [5.41, 5.74) is 1.89. The highest BCUT2D eigenvalue weighted by Crippen LogP contribution is 2.33. The Morgan fingerprint density at radius 2 is 2.26 bits per heavy atom. The first kappa shape index (κ1) is 19.9. The number of rotatable bonds is 4. The van der Waals surface area contributed by atoms with Crippen molar-refractivity contribution in [1.29, 1.82) is 0 Å². The van der Waals surface area contributed by atoms with Crippen LogP contribution in [0, 0.1) is 5.92 Å². The van der Waals surface area contributed by atoms with E-state index in [9.17, 15) is 4.79 Å². The summed E-state index contributed by atoms with van der Waals surface area (Å²) in [6.45, 7) is 3.72. The van der Waals surface area contributed by atoms with Gasteiger partial charge in [-0.3, -0.25) is 4.79 Å². The van der Waals surface area contributed by atoms with Crippen LogP contribution in [-0.4, -0.2) is 39.2 Å². The second-order valence-corrected chi connectivity index (χ2v) is 5.90. The third-order valence-electron chi connectivity index (χ3n) is 4.28. The second kappa shape index (κ2) is 9.21. The van der Waals surface area contributed by atoms with Crippen molar-refractivity contribution in [1.82, 2.24) is 5.32 Å². The molecule has 1 aromatic rings. The Bertz CT molecular complexity index is 522. The van der Waals surface area contributed by atoms with E-state index >= 15 is 0 Å². The summed E-state index contributed by atoms with van der Waals surface area (Å²) >= 11 is 0. The Hall–Kier alpha value is -1.17. The Morgan fingerprint density at radius 1 is 1.43 bits per heavy atom. The molecule has 2 heterocycles. The molecule has 0 bridgehead atoms. The molecule has 0 spiro atoms. The number of carbonyl (C=O) groups excluding carboxylic acids is 1. The number of anilines is 2. The molecule has 0 aliphatic carbocycles. The van der Waals surface area contributed by atoms with E-state index in [2.05, 4.69) is 15.5 Å². The molecular weight excluding hydrogens is 337 g/mol. The molecule has 1 atom stereocenters. The summed E-state index contributed by atoms with van der Waals surface area (Å²) in [5.74, 6) is 1.64. The molecular formula is C16H25Cl2N3O2. The van der Waals surface area contributed by atoms with Gasteiger partial charge in [-0.05, 0) is 50.0 Å². The maximum atomic E-state index is 12.0. The molecule has 130 valence electrons. The van der Waals surface area contributed by atoms with Gasteiger partial charge in [-0.2, -0.15) is 0 Å². The molecule has 5 nitrogen and oxygen atoms in total. The maximum absolute atomic E-state index is 12.0. The number of benzene rings is 1. The van der Waals surface area contributed by atoms with Crippen molar-refractivity contribution in [2.75, 3.05) is 43.5 Å². The average molecular weight is 362 g/mol. The molecule has 7 heteroatoms. The van der Waals surface area contributed by atoms with E-state index < -0.39 is 0 Å². The number of carbonyl (C=O) groups is 1. The minimum absolute atomic E-state index is 0. The first-order valence-corrected chi connectivity index (χ1v) is 7.71. The lowest BCUT2D eigenvalue weighted by atomic mass is 10.0. The van der Waals surface area contributed by atoms with Crippen LogP contribution in [0.5, 0.6) is 5.75 Å². The quantitative estimate of drug-likeness (QED) is 0.865. The third kappa shape index (κ3) is 5.16. The Kier molecular flexibility index (Phi) is 7.95. The number of ether oxygens (including phenoxy) is 1. The van der Waals surface area contributed by atoms with E-state index in [1.807, 2.05) is 25.2 Å².